The van der Waals surface area contributed by atoms with Crippen molar-refractivity contribution in [2.24, 2.45) is 0 Å². The van der Waals surface area contributed by atoms with Crippen molar-refractivity contribution >= 4 is 17.4 Å². The van der Waals surface area contributed by atoms with Crippen molar-refractivity contribution in [3.63, 3.8) is 0 Å². The summed E-state index contributed by atoms with van der Waals surface area (Å²) in [5, 5.41) is 22.8. The number of nitro groups is 1. The second-order valence-electron chi connectivity index (χ2n) is 6.51. The Labute approximate surface area is 138 Å². The molecule has 0 spiro atoms. The summed E-state index contributed by atoms with van der Waals surface area (Å²) < 4.78 is 5.64. The maximum atomic E-state index is 11.1. The fourth-order valence-corrected chi connectivity index (χ4v) is 4.67. The van der Waals surface area contributed by atoms with Gasteiger partial charge >= 0.3 is 0 Å². The fourth-order valence-electron chi connectivity index (χ4n) is 2.90. The molecule has 3 rings (SSSR count). The highest BCUT2D eigenvalue weighted by molar-refractivity contribution is 8.02. The molecule has 0 radical (unpaired) electrons. The van der Waals surface area contributed by atoms with Gasteiger partial charge in [-0.3, -0.25) is 15.4 Å². The summed E-state index contributed by atoms with van der Waals surface area (Å²) in [5.41, 5.74) is 0.287. The van der Waals surface area contributed by atoms with Crippen LogP contribution in [0.25, 0.3) is 11.5 Å². The molecule has 2 aromatic rings. The predicted octanol–water partition coefficient (Wildman–Crippen LogP) is 3.54. The van der Waals surface area contributed by atoms with Crippen LogP contribution in [0, 0.1) is 10.1 Å². The molecule has 7 nitrogen and oxygen atoms in total. The maximum absolute atomic E-state index is 11.1. The van der Waals surface area contributed by atoms with Crippen molar-refractivity contribution in [1.82, 2.24) is 15.5 Å². The molecule has 0 bridgehead atoms. The van der Waals surface area contributed by atoms with Crippen LogP contribution < -0.4 is 5.32 Å². The monoisotopic (exact) mass is 334 g/mol. The van der Waals surface area contributed by atoms with Crippen LogP contribution in [0.2, 0.25) is 0 Å². The van der Waals surface area contributed by atoms with Crippen LogP contribution in [0.3, 0.4) is 0 Å². The maximum Gasteiger partial charge on any atom is 0.282 e. The van der Waals surface area contributed by atoms with E-state index in [0.29, 0.717) is 11.5 Å². The highest BCUT2D eigenvalue weighted by atomic mass is 32.2. The molecule has 0 amide bonds. The first-order valence-electron chi connectivity index (χ1n) is 7.25. The number of hydrogen-bond acceptors (Lipinski definition) is 7. The van der Waals surface area contributed by atoms with Crippen molar-refractivity contribution in [3.8, 4) is 11.5 Å². The fraction of sp³-hybridized carbons (Fsp3) is 0.467. The molecule has 23 heavy (non-hydrogen) atoms. The average molecular weight is 334 g/mol. The van der Waals surface area contributed by atoms with E-state index in [1.807, 2.05) is 0 Å². The number of nitrogens with zero attached hydrogens (tertiary/aromatic N) is 3. The molecule has 8 heteroatoms. The Morgan fingerprint density at radius 2 is 1.96 bits per heavy atom. The molecule has 1 aromatic carbocycles. The van der Waals surface area contributed by atoms with E-state index in [0.717, 1.165) is 0 Å². The molecule has 1 fully saturated rings. The Bertz CT molecular complexity index is 757. The standard InChI is InChI=1S/C15H18N4O3S/c1-14(2)11(16-15(3,4)23-14)13-18-17-12(22-13)9-7-5-6-8-10(9)19(20)21/h5-8,11,16H,1-4H3/t11-/m1/s1. The molecule has 1 N–H and O–H groups in total. The Balaban J connectivity index is 1.98. The summed E-state index contributed by atoms with van der Waals surface area (Å²) in [6.45, 7) is 8.41. The zero-order chi connectivity index (χ0) is 16.8. The lowest BCUT2D eigenvalue weighted by Gasteiger charge is -2.22. The van der Waals surface area contributed by atoms with Crippen LogP contribution in [-0.4, -0.2) is 24.7 Å². The number of rotatable bonds is 3. The third kappa shape index (κ3) is 2.96. The van der Waals surface area contributed by atoms with Gasteiger partial charge in [-0.15, -0.1) is 22.0 Å². The van der Waals surface area contributed by atoms with Crippen LogP contribution in [0.4, 0.5) is 5.69 Å². The smallest absolute Gasteiger partial charge is 0.282 e. The molecule has 0 unspecified atom stereocenters. The van der Waals surface area contributed by atoms with E-state index >= 15 is 0 Å². The number of nitro benzene ring substituents is 1. The zero-order valence-corrected chi connectivity index (χ0v) is 14.2. The summed E-state index contributed by atoms with van der Waals surface area (Å²) in [6, 6.07) is 6.24. The highest BCUT2D eigenvalue weighted by Crippen LogP contribution is 2.50. The third-order valence-corrected chi connectivity index (χ3v) is 5.11. The topological polar surface area (TPSA) is 94.1 Å². The number of para-hydroxylation sites is 1. The van der Waals surface area contributed by atoms with Gasteiger partial charge in [0.2, 0.25) is 5.89 Å². The van der Waals surface area contributed by atoms with Gasteiger partial charge in [-0.1, -0.05) is 12.1 Å². The van der Waals surface area contributed by atoms with Crippen molar-refractivity contribution < 1.29 is 9.34 Å². The van der Waals surface area contributed by atoms with Crippen LogP contribution in [-0.2, 0) is 0 Å². The van der Waals surface area contributed by atoms with Crippen LogP contribution >= 0.6 is 11.8 Å². The van der Waals surface area contributed by atoms with Gasteiger partial charge in [0.1, 0.15) is 11.6 Å². The minimum absolute atomic E-state index is 0.0453. The van der Waals surface area contributed by atoms with Crippen LogP contribution in [0.1, 0.15) is 39.6 Å². The molecule has 1 atom stereocenters. The number of thioether (sulfide) groups is 1. The third-order valence-electron chi connectivity index (χ3n) is 3.72. The molecule has 2 heterocycles. The first kappa shape index (κ1) is 15.9. The first-order chi connectivity index (χ1) is 10.7. The lowest BCUT2D eigenvalue weighted by atomic mass is 10.0. The van der Waals surface area contributed by atoms with Crippen molar-refractivity contribution in [2.75, 3.05) is 0 Å². The largest absolute Gasteiger partial charge is 0.419 e. The molecular formula is C15H18N4O3S. The van der Waals surface area contributed by atoms with E-state index in [1.165, 1.54) is 6.07 Å². The number of aromatic nitrogens is 2. The Hall–Kier alpha value is -1.93. The van der Waals surface area contributed by atoms with E-state index in [2.05, 4.69) is 43.2 Å². The first-order valence-corrected chi connectivity index (χ1v) is 8.06. The molecule has 0 aliphatic carbocycles. The van der Waals surface area contributed by atoms with E-state index in [4.69, 9.17) is 4.42 Å². The number of hydrogen-bond donors (Lipinski definition) is 1. The summed E-state index contributed by atoms with van der Waals surface area (Å²) in [6.07, 6.45) is 0. The summed E-state index contributed by atoms with van der Waals surface area (Å²) in [7, 11) is 0. The Morgan fingerprint density at radius 1 is 1.26 bits per heavy atom. The Kier molecular flexibility index (Phi) is 3.68. The molecule has 122 valence electrons. The zero-order valence-electron chi connectivity index (χ0n) is 13.4. The Morgan fingerprint density at radius 3 is 2.57 bits per heavy atom. The summed E-state index contributed by atoms with van der Waals surface area (Å²) >= 11 is 1.79. The van der Waals surface area contributed by atoms with Crippen molar-refractivity contribution in [2.45, 2.75) is 43.4 Å². The molecule has 0 saturated carbocycles. The second kappa shape index (κ2) is 5.31. The van der Waals surface area contributed by atoms with Gasteiger partial charge in [0.15, 0.2) is 0 Å². The van der Waals surface area contributed by atoms with Crippen LogP contribution in [0.5, 0.6) is 0 Å². The van der Waals surface area contributed by atoms with Gasteiger partial charge in [-0.25, -0.2) is 0 Å². The van der Waals surface area contributed by atoms with E-state index < -0.39 is 4.92 Å². The minimum atomic E-state index is -0.448. The quantitative estimate of drug-likeness (QED) is 0.677. The van der Waals surface area contributed by atoms with Gasteiger partial charge in [0.05, 0.1) is 9.79 Å². The van der Waals surface area contributed by atoms with Gasteiger partial charge in [0, 0.05) is 10.8 Å². The molecule has 1 saturated heterocycles. The number of nitrogens with one attached hydrogen (secondary N) is 1. The van der Waals surface area contributed by atoms with Gasteiger partial charge in [-0.2, -0.15) is 0 Å². The van der Waals surface area contributed by atoms with Gasteiger partial charge < -0.3 is 4.42 Å². The number of benzene rings is 1. The average Bonchev–Trinajstić information content (AvgIpc) is 3.00. The normalized spacial score (nSPS) is 22.2. The molecule has 1 aliphatic heterocycles. The van der Waals surface area contributed by atoms with Crippen LogP contribution in [0.15, 0.2) is 28.7 Å². The van der Waals surface area contributed by atoms with Crippen molar-refractivity contribution in [3.05, 3.63) is 40.3 Å². The second-order valence-corrected chi connectivity index (χ2v) is 8.79. The molecule has 1 aliphatic rings. The van der Waals surface area contributed by atoms with Crippen molar-refractivity contribution in [1.29, 1.82) is 0 Å². The van der Waals surface area contributed by atoms with E-state index in [1.54, 1.807) is 30.0 Å². The van der Waals surface area contributed by atoms with E-state index in [9.17, 15) is 10.1 Å². The van der Waals surface area contributed by atoms with E-state index in [-0.39, 0.29) is 27.2 Å². The summed E-state index contributed by atoms with van der Waals surface area (Å²) in [4.78, 5) is 10.6. The lowest BCUT2D eigenvalue weighted by molar-refractivity contribution is -0.384. The lowest BCUT2D eigenvalue weighted by Crippen LogP contribution is -2.34. The highest BCUT2D eigenvalue weighted by Gasteiger charge is 2.48. The minimum Gasteiger partial charge on any atom is -0.419 e. The SMILES string of the molecule is CC1(C)N[C@H](c2nnc(-c3ccccc3[N+](=O)[O-])o2)C(C)(C)S1. The predicted molar refractivity (Wildman–Crippen MR) is 88.0 cm³/mol. The molecule has 1 aromatic heterocycles. The summed E-state index contributed by atoms with van der Waals surface area (Å²) in [5.74, 6) is 0.612. The molecular weight excluding hydrogens is 316 g/mol. The van der Waals surface area contributed by atoms with Gasteiger partial charge in [0.25, 0.3) is 11.6 Å². The van der Waals surface area contributed by atoms with Gasteiger partial charge in [-0.05, 0) is 33.8 Å².